The molecule has 2 fully saturated rings. The van der Waals surface area contributed by atoms with Crippen LogP contribution in [-0.4, -0.2) is 58.7 Å². The standard InChI is InChI=1S/C23H21ClF2N6O2/c1-34-10-11-8-31(9-11)22-20(26)19(24)18(15-7-27-29-21(15)22)12-2-3-32-13(4-12)5-17(30-32)28-23(33)14-6-16(14)25/h2-5,7,11,14,16H,6,8-10H2,1H3,(H,27,29)(H,28,30,33)/t14-,16+/m1/s1. The van der Waals surface area contributed by atoms with Crippen molar-refractivity contribution in [3.8, 4) is 11.1 Å². The number of halogens is 3. The molecule has 34 heavy (non-hydrogen) atoms. The van der Waals surface area contributed by atoms with Gasteiger partial charge in [-0.25, -0.2) is 13.3 Å². The molecule has 3 aromatic heterocycles. The van der Waals surface area contributed by atoms with Crippen molar-refractivity contribution in [2.24, 2.45) is 11.8 Å². The molecule has 0 bridgehead atoms. The fraction of sp³-hybridized carbons (Fsp3) is 0.348. The van der Waals surface area contributed by atoms with Gasteiger partial charge in [-0.2, -0.15) is 10.2 Å². The lowest BCUT2D eigenvalue weighted by Crippen LogP contribution is -2.49. The van der Waals surface area contributed by atoms with Gasteiger partial charge in [-0.1, -0.05) is 11.6 Å². The zero-order chi connectivity index (χ0) is 23.6. The fourth-order valence-electron chi connectivity index (χ4n) is 4.64. The van der Waals surface area contributed by atoms with E-state index in [0.717, 1.165) is 0 Å². The first-order chi connectivity index (χ1) is 16.4. The summed E-state index contributed by atoms with van der Waals surface area (Å²) in [5.41, 5.74) is 2.87. The molecule has 1 aliphatic heterocycles. The maximum Gasteiger partial charge on any atom is 0.231 e. The summed E-state index contributed by atoms with van der Waals surface area (Å²) in [6.45, 7) is 1.97. The third-order valence-electron chi connectivity index (χ3n) is 6.49. The maximum absolute atomic E-state index is 15.6. The number of anilines is 2. The Bertz CT molecular complexity index is 1430. The monoisotopic (exact) mass is 486 g/mol. The largest absolute Gasteiger partial charge is 0.384 e. The van der Waals surface area contributed by atoms with Crippen LogP contribution < -0.4 is 10.2 Å². The molecular formula is C23H21ClF2N6O2. The van der Waals surface area contributed by atoms with E-state index in [0.29, 0.717) is 64.7 Å². The molecule has 0 radical (unpaired) electrons. The van der Waals surface area contributed by atoms with Crippen LogP contribution in [0.4, 0.5) is 20.3 Å². The van der Waals surface area contributed by atoms with E-state index in [1.807, 2.05) is 11.0 Å². The zero-order valence-corrected chi connectivity index (χ0v) is 18.9. The summed E-state index contributed by atoms with van der Waals surface area (Å²) >= 11 is 6.59. The normalized spacial score (nSPS) is 20.2. The Morgan fingerprint density at radius 1 is 1.38 bits per heavy atom. The Morgan fingerprint density at radius 3 is 2.91 bits per heavy atom. The van der Waals surface area contributed by atoms with Crippen LogP contribution in [0, 0.1) is 17.7 Å². The smallest absolute Gasteiger partial charge is 0.231 e. The molecule has 4 aromatic rings. The van der Waals surface area contributed by atoms with E-state index in [-0.39, 0.29) is 17.4 Å². The first-order valence-corrected chi connectivity index (χ1v) is 11.3. The lowest BCUT2D eigenvalue weighted by Gasteiger charge is -2.41. The summed E-state index contributed by atoms with van der Waals surface area (Å²) in [7, 11) is 1.66. The van der Waals surface area contributed by atoms with Crippen LogP contribution in [0.2, 0.25) is 5.02 Å². The number of carbonyl (C=O) groups is 1. The van der Waals surface area contributed by atoms with Crippen molar-refractivity contribution >= 4 is 45.4 Å². The molecular weight excluding hydrogens is 466 g/mol. The van der Waals surface area contributed by atoms with E-state index in [2.05, 4.69) is 20.6 Å². The van der Waals surface area contributed by atoms with E-state index >= 15 is 4.39 Å². The van der Waals surface area contributed by atoms with Gasteiger partial charge < -0.3 is 15.0 Å². The lowest BCUT2D eigenvalue weighted by molar-refractivity contribution is -0.117. The van der Waals surface area contributed by atoms with Gasteiger partial charge in [0.15, 0.2) is 11.6 Å². The highest BCUT2D eigenvalue weighted by Gasteiger charge is 2.43. The van der Waals surface area contributed by atoms with Crippen molar-refractivity contribution in [1.82, 2.24) is 19.8 Å². The second kappa shape index (κ2) is 7.92. The summed E-state index contributed by atoms with van der Waals surface area (Å²) in [6.07, 6.45) is 2.51. The number of nitrogens with zero attached hydrogens (tertiary/aromatic N) is 4. The van der Waals surface area contributed by atoms with Gasteiger partial charge in [-0.05, 0) is 24.1 Å². The third kappa shape index (κ3) is 3.40. The van der Waals surface area contributed by atoms with Gasteiger partial charge in [0.1, 0.15) is 11.9 Å². The molecule has 2 aliphatic rings. The van der Waals surface area contributed by atoms with E-state index < -0.39 is 17.9 Å². The number of rotatable bonds is 6. The van der Waals surface area contributed by atoms with Crippen LogP contribution in [0.15, 0.2) is 30.6 Å². The molecule has 1 aliphatic carbocycles. The summed E-state index contributed by atoms with van der Waals surface area (Å²) in [5, 5.41) is 14.8. The Morgan fingerprint density at radius 2 is 2.18 bits per heavy atom. The predicted octanol–water partition coefficient (Wildman–Crippen LogP) is 4.05. The van der Waals surface area contributed by atoms with Gasteiger partial charge in [-0.3, -0.25) is 9.89 Å². The lowest BCUT2D eigenvalue weighted by atomic mass is 9.96. The molecule has 2 N–H and O–H groups in total. The second-order valence-electron chi connectivity index (χ2n) is 8.90. The van der Waals surface area contributed by atoms with Crippen molar-refractivity contribution in [2.75, 3.05) is 37.0 Å². The van der Waals surface area contributed by atoms with Crippen LogP contribution >= 0.6 is 11.6 Å². The highest BCUT2D eigenvalue weighted by Crippen LogP contribution is 2.44. The number of pyridine rings is 1. The fourth-order valence-corrected chi connectivity index (χ4v) is 4.94. The molecule has 176 valence electrons. The molecule has 11 heteroatoms. The average molecular weight is 487 g/mol. The Hall–Kier alpha value is -3.24. The summed E-state index contributed by atoms with van der Waals surface area (Å²) < 4.78 is 35.5. The second-order valence-corrected chi connectivity index (χ2v) is 9.28. The highest BCUT2D eigenvalue weighted by molar-refractivity contribution is 6.36. The number of aromatic nitrogens is 4. The first-order valence-electron chi connectivity index (χ1n) is 11.0. The predicted molar refractivity (Wildman–Crippen MR) is 124 cm³/mol. The molecule has 4 heterocycles. The van der Waals surface area contributed by atoms with E-state index in [1.165, 1.54) is 0 Å². The van der Waals surface area contributed by atoms with Gasteiger partial charge in [0.05, 0.1) is 34.8 Å². The third-order valence-corrected chi connectivity index (χ3v) is 6.85. The van der Waals surface area contributed by atoms with Gasteiger partial charge in [0, 0.05) is 49.3 Å². The molecule has 1 saturated heterocycles. The van der Waals surface area contributed by atoms with Crippen LogP contribution in [-0.2, 0) is 9.53 Å². The number of methoxy groups -OCH3 is 1. The molecule has 1 amide bonds. The topological polar surface area (TPSA) is 87.6 Å². The summed E-state index contributed by atoms with van der Waals surface area (Å²) in [6, 6.07) is 5.26. The molecule has 2 atom stereocenters. The quantitative estimate of drug-likeness (QED) is 0.429. The number of amides is 1. The number of fused-ring (bicyclic) bond motifs is 2. The van der Waals surface area contributed by atoms with Gasteiger partial charge in [0.25, 0.3) is 0 Å². The SMILES string of the molecule is COCC1CN(c2c(F)c(Cl)c(-c3ccn4nc(NC(=O)[C@@H]5C[C@@H]5F)cc4c3)c3cn[nH]c23)C1. The minimum Gasteiger partial charge on any atom is -0.384 e. The number of hydrogen-bond donors (Lipinski definition) is 2. The number of carbonyl (C=O) groups excluding carboxylic acids is 1. The van der Waals surface area contributed by atoms with Crippen LogP contribution in [0.25, 0.3) is 27.5 Å². The minimum atomic E-state index is -1.08. The first kappa shape index (κ1) is 21.3. The Kier molecular flexibility index (Phi) is 4.96. The van der Waals surface area contributed by atoms with Gasteiger partial charge >= 0.3 is 0 Å². The molecule has 1 aromatic carbocycles. The molecule has 8 nitrogen and oxygen atoms in total. The van der Waals surface area contributed by atoms with Crippen molar-refractivity contribution in [3.05, 3.63) is 41.4 Å². The van der Waals surface area contributed by atoms with Crippen molar-refractivity contribution < 1.29 is 18.3 Å². The van der Waals surface area contributed by atoms with Crippen molar-refractivity contribution in [3.63, 3.8) is 0 Å². The van der Waals surface area contributed by atoms with Crippen LogP contribution in [0.1, 0.15) is 6.42 Å². The van der Waals surface area contributed by atoms with E-state index in [4.69, 9.17) is 16.3 Å². The number of benzene rings is 1. The number of H-pyrrole nitrogens is 1. The van der Waals surface area contributed by atoms with Crippen molar-refractivity contribution in [2.45, 2.75) is 12.6 Å². The number of nitrogens with one attached hydrogen (secondary N) is 2. The Balaban J connectivity index is 1.36. The van der Waals surface area contributed by atoms with Crippen LogP contribution in [0.5, 0.6) is 0 Å². The number of alkyl halides is 1. The number of hydrogen-bond acceptors (Lipinski definition) is 5. The van der Waals surface area contributed by atoms with E-state index in [9.17, 15) is 9.18 Å². The molecule has 6 rings (SSSR count). The summed E-state index contributed by atoms with van der Waals surface area (Å²) in [5.74, 6) is -0.820. The average Bonchev–Trinajstić information content (AvgIpc) is 3.16. The van der Waals surface area contributed by atoms with Gasteiger partial charge in [-0.15, -0.1) is 0 Å². The number of ether oxygens (including phenoxy) is 1. The summed E-state index contributed by atoms with van der Waals surface area (Å²) in [4.78, 5) is 14.0. The molecule has 0 spiro atoms. The van der Waals surface area contributed by atoms with Gasteiger partial charge in [0.2, 0.25) is 5.91 Å². The molecule has 1 saturated carbocycles. The number of aromatic amines is 1. The zero-order valence-electron chi connectivity index (χ0n) is 18.2. The van der Waals surface area contributed by atoms with Crippen molar-refractivity contribution in [1.29, 1.82) is 0 Å². The highest BCUT2D eigenvalue weighted by atomic mass is 35.5. The minimum absolute atomic E-state index is 0.0132. The Labute approximate surface area is 197 Å². The molecule has 0 unspecified atom stereocenters. The maximum atomic E-state index is 15.6. The van der Waals surface area contributed by atoms with E-state index in [1.54, 1.807) is 36.2 Å². The van der Waals surface area contributed by atoms with Crippen LogP contribution in [0.3, 0.4) is 0 Å².